The number of carbonyl (C=O) groups excluding carboxylic acids is 2. The Balaban J connectivity index is 3.50. The molecule has 0 saturated carbocycles. The Hall–Kier alpha value is 1.16. The number of amides is 1. The molecule has 0 aromatic carbocycles. The fraction of sp³-hybridized carbons (Fsp3) is 0.143. The van der Waals surface area contributed by atoms with Crippen LogP contribution in [-0.4, -0.2) is 16.2 Å². The van der Waals surface area contributed by atoms with E-state index in [9.17, 15) is 9.59 Å². The quantitative estimate of drug-likeness (QED) is 0.289. The van der Waals surface area contributed by atoms with E-state index in [2.05, 4.69) is 5.32 Å². The number of hydrogen-bond acceptors (Lipinski definition) is 2. The second-order valence-electron chi connectivity index (χ2n) is 3.01. The molecule has 80 valence electrons. The van der Waals surface area contributed by atoms with Gasteiger partial charge in [0.05, 0.1) is 0 Å². The van der Waals surface area contributed by atoms with Crippen molar-refractivity contribution in [2.24, 2.45) is 7.05 Å². The maximum atomic E-state index is 11.3. The van der Waals surface area contributed by atoms with Crippen molar-refractivity contribution in [1.29, 1.82) is 0 Å². The van der Waals surface area contributed by atoms with Gasteiger partial charge in [-0.2, -0.15) is 0 Å². The van der Waals surface area contributed by atoms with Crippen LogP contribution in [0, 0.1) is 0 Å². The summed E-state index contributed by atoms with van der Waals surface area (Å²) in [6.07, 6.45) is 0.575. The summed E-state index contributed by atoms with van der Waals surface area (Å²) in [6, 6.07) is 0. The number of nitrogens with zero attached hydrogens (tertiary/aromatic N) is 1. The summed E-state index contributed by atoms with van der Waals surface area (Å²) in [5.74, 6) is 0. The molecule has 1 rings (SSSR count). The molecule has 16 heavy (non-hydrogen) atoms. The molecule has 1 N–H and O–H groups in total. The molecule has 0 aliphatic heterocycles. The Bertz CT molecular complexity index is 436. The Kier molecular flexibility index (Phi) is 6.59. The normalized spacial score (nSPS) is 9.25. The number of carbonyl (C=O) groups is 2. The van der Waals surface area contributed by atoms with Gasteiger partial charge in [-0.05, 0) is 0 Å². The molecule has 9 heteroatoms. The molecule has 0 saturated heterocycles. The van der Waals surface area contributed by atoms with Crippen LogP contribution in [0.3, 0.4) is 0 Å². The van der Waals surface area contributed by atoms with Gasteiger partial charge >= 0.3 is 131 Å². The first-order valence-corrected chi connectivity index (χ1v) is 23.7. The molecule has 4 nitrogen and oxygen atoms in total. The van der Waals surface area contributed by atoms with Crippen LogP contribution in [0.4, 0.5) is 5.69 Å². The van der Waals surface area contributed by atoms with Crippen molar-refractivity contribution in [1.82, 2.24) is 4.57 Å². The van der Waals surface area contributed by atoms with E-state index < -0.39 is 51.9 Å². The summed E-state index contributed by atoms with van der Waals surface area (Å²) < 4.78 is 3.31. The molecule has 0 bridgehead atoms. The van der Waals surface area contributed by atoms with Gasteiger partial charge in [-0.25, -0.2) is 0 Å². The van der Waals surface area contributed by atoms with Gasteiger partial charge in [0.1, 0.15) is 0 Å². The summed E-state index contributed by atoms with van der Waals surface area (Å²) >= 11 is 1.85. The molecule has 1 aromatic rings. The monoisotopic (exact) mass is 657 g/mol. The number of rotatable bonds is 5. The van der Waals surface area contributed by atoms with Crippen LogP contribution in [0.5, 0.6) is 0 Å². The van der Waals surface area contributed by atoms with Crippen LogP contribution in [0.1, 0.15) is 10.5 Å². The van der Waals surface area contributed by atoms with Crippen LogP contribution in [0.25, 0.3) is 0 Å². The topological polar surface area (TPSA) is 51.1 Å². The molecule has 1 heterocycles. The van der Waals surface area contributed by atoms with Crippen molar-refractivity contribution in [3.8, 4) is 0 Å². The third kappa shape index (κ3) is 2.94. The number of halogens is 3. The molecular formula is C7H5Cl3Hg2N2O2. The molecule has 0 aliphatic carbocycles. The summed E-state index contributed by atoms with van der Waals surface area (Å²) in [4.78, 5) is 21.8. The molecule has 0 atom stereocenters. The van der Waals surface area contributed by atoms with Crippen molar-refractivity contribution in [2.45, 2.75) is 0 Å². The van der Waals surface area contributed by atoms with E-state index in [1.807, 2.05) is 0 Å². The zero-order chi connectivity index (χ0) is 12.3. The Morgan fingerprint density at radius 2 is 2.06 bits per heavy atom. The van der Waals surface area contributed by atoms with Crippen molar-refractivity contribution < 1.29 is 56.3 Å². The second kappa shape index (κ2) is 6.92. The van der Waals surface area contributed by atoms with Gasteiger partial charge in [0.25, 0.3) is 0 Å². The first-order chi connectivity index (χ1) is 7.58. The molecular weight excluding hydrogens is 652 g/mol. The molecule has 0 aliphatic rings. The molecule has 0 unspecified atom stereocenters. The number of aromatic nitrogens is 1. The Morgan fingerprint density at radius 3 is 2.44 bits per heavy atom. The van der Waals surface area contributed by atoms with Crippen LogP contribution in [-0.2, 0) is 58.5 Å². The van der Waals surface area contributed by atoms with E-state index in [1.165, 1.54) is 0 Å². The molecule has 0 radical (unpaired) electrons. The van der Waals surface area contributed by atoms with Gasteiger partial charge in [0, 0.05) is 0 Å². The molecule has 1 amide bonds. The predicted octanol–water partition coefficient (Wildman–Crippen LogP) is 0.696. The first kappa shape index (κ1) is 15.2. The second-order valence-corrected chi connectivity index (χ2v) is 15.5. The van der Waals surface area contributed by atoms with E-state index >= 15 is 0 Å². The predicted molar refractivity (Wildman–Crippen MR) is 56.3 cm³/mol. The van der Waals surface area contributed by atoms with Crippen LogP contribution < -0.4 is 11.6 Å². The Labute approximate surface area is 129 Å². The van der Waals surface area contributed by atoms with E-state index in [-0.39, 0.29) is 0 Å². The zero-order valence-electron chi connectivity index (χ0n) is 8.39. The zero-order valence-corrected chi connectivity index (χ0v) is 21.7. The standard InChI is InChI=1S/C7H5ClN2O2.2ClH.2Hg/c1-10-3-5(9-4-11)2-6(10)7(8)12;;;;/h4H,1H3,(H,9,11);2*1H;;/q;;;2*+1/p-2/i;;;1+0;. The van der Waals surface area contributed by atoms with Gasteiger partial charge < -0.3 is 0 Å². The van der Waals surface area contributed by atoms with E-state index in [4.69, 9.17) is 28.1 Å². The van der Waals surface area contributed by atoms with Crippen LogP contribution in [0.2, 0.25) is 0 Å². The number of nitrogens with one attached hydrogen (secondary N) is 1. The first-order valence-electron chi connectivity index (χ1n) is 4.30. The fourth-order valence-corrected chi connectivity index (χ4v) is 17.9. The van der Waals surface area contributed by atoms with Crippen molar-refractivity contribution >= 4 is 51.7 Å². The van der Waals surface area contributed by atoms with Gasteiger partial charge in [0.2, 0.25) is 0 Å². The molecule has 1 aromatic heterocycles. The molecule has 0 fully saturated rings. The maximum absolute atomic E-state index is 11.3. The average molecular weight is 657 g/mol. The van der Waals surface area contributed by atoms with Crippen molar-refractivity contribution in [3.63, 3.8) is 0 Å². The molecule has 0 spiro atoms. The van der Waals surface area contributed by atoms with Crippen LogP contribution >= 0.6 is 28.1 Å². The Morgan fingerprint density at radius 1 is 1.44 bits per heavy atom. The SMILES string of the molecule is Cn1[c]([Hg][Cl])c(NC=O)[c]([201Hg][Cl])c1C(=O)Cl. The van der Waals surface area contributed by atoms with Gasteiger partial charge in [0.15, 0.2) is 0 Å². The van der Waals surface area contributed by atoms with E-state index in [1.54, 1.807) is 11.6 Å². The minimum atomic E-state index is -1.88. The van der Waals surface area contributed by atoms with Crippen molar-refractivity contribution in [3.05, 3.63) is 5.69 Å². The minimum absolute atomic E-state index is 0.401. The van der Waals surface area contributed by atoms with Gasteiger partial charge in [-0.3, -0.25) is 0 Å². The van der Waals surface area contributed by atoms with Crippen molar-refractivity contribution in [2.75, 3.05) is 5.32 Å². The number of hydrogen-bond donors (Lipinski definition) is 1. The summed E-state index contributed by atoms with van der Waals surface area (Å²) in [6.45, 7) is 0. The fourth-order valence-electron chi connectivity index (χ4n) is 1.56. The average Bonchev–Trinajstić information content (AvgIpc) is 2.51. The summed E-state index contributed by atoms with van der Waals surface area (Å²) in [5, 5.41) is 2.05. The third-order valence-electron chi connectivity index (χ3n) is 2.27. The summed E-state index contributed by atoms with van der Waals surface area (Å²) in [7, 11) is 13.7. The third-order valence-corrected chi connectivity index (χ3v) is 14.9. The van der Waals surface area contributed by atoms with Crippen LogP contribution in [0.15, 0.2) is 0 Å². The van der Waals surface area contributed by atoms with Gasteiger partial charge in [-0.15, -0.1) is 0 Å². The van der Waals surface area contributed by atoms with E-state index in [0.717, 1.165) is 6.27 Å². The number of anilines is 1. The summed E-state index contributed by atoms with van der Waals surface area (Å²) in [5.41, 5.74) is 1.05. The van der Waals surface area contributed by atoms with Gasteiger partial charge in [-0.1, -0.05) is 0 Å². The van der Waals surface area contributed by atoms with E-state index in [0.29, 0.717) is 17.8 Å².